The quantitative estimate of drug-likeness (QED) is 0.708. The molecule has 5 nitrogen and oxygen atoms in total. The molecule has 132 valence electrons. The minimum Gasteiger partial charge on any atom is -0.341 e. The molecule has 0 saturated heterocycles. The number of pyridine rings is 1. The molecular formula is C19H15F2N3O2. The minimum absolute atomic E-state index is 0.0833. The minimum atomic E-state index is -0.936. The number of carbonyl (C=O) groups excluding carboxylic acids is 2. The predicted molar refractivity (Wildman–Crippen MR) is 93.3 cm³/mol. The molecule has 0 unspecified atom stereocenters. The number of aromatic nitrogens is 1. The fourth-order valence-electron chi connectivity index (χ4n) is 2.52. The molecule has 0 aliphatic carbocycles. The van der Waals surface area contributed by atoms with Crippen LogP contribution < -0.4 is 10.6 Å². The van der Waals surface area contributed by atoms with Crippen molar-refractivity contribution in [1.29, 1.82) is 0 Å². The molecule has 0 fully saturated rings. The number of rotatable bonds is 3. The summed E-state index contributed by atoms with van der Waals surface area (Å²) in [6.45, 7) is 1.50. The van der Waals surface area contributed by atoms with E-state index in [1.54, 1.807) is 6.07 Å². The molecule has 0 aliphatic rings. The van der Waals surface area contributed by atoms with Gasteiger partial charge in [-0.25, -0.2) is 8.78 Å². The Morgan fingerprint density at radius 3 is 2.58 bits per heavy atom. The summed E-state index contributed by atoms with van der Waals surface area (Å²) in [4.78, 5) is 28.3. The molecule has 0 aliphatic heterocycles. The maximum absolute atomic E-state index is 13.7. The van der Waals surface area contributed by atoms with Crippen LogP contribution in [0.15, 0.2) is 54.7 Å². The molecule has 2 N–H and O–H groups in total. The smallest absolute Gasteiger partial charge is 0.313 e. The molecule has 3 rings (SSSR count). The van der Waals surface area contributed by atoms with Crippen LogP contribution in [0.25, 0.3) is 10.9 Å². The molecule has 3 aromatic rings. The third-order valence-electron chi connectivity index (χ3n) is 3.83. The maximum Gasteiger partial charge on any atom is 0.313 e. The average Bonchev–Trinajstić information content (AvgIpc) is 2.61. The molecule has 2 aromatic carbocycles. The number of amides is 2. The highest BCUT2D eigenvalue weighted by molar-refractivity contribution is 6.39. The summed E-state index contributed by atoms with van der Waals surface area (Å²) >= 11 is 0. The normalized spacial score (nSPS) is 11.8. The zero-order chi connectivity index (χ0) is 18.7. The summed E-state index contributed by atoms with van der Waals surface area (Å²) in [6, 6.07) is 11.3. The largest absolute Gasteiger partial charge is 0.341 e. The first-order valence-corrected chi connectivity index (χ1v) is 7.85. The van der Waals surface area contributed by atoms with Crippen LogP contribution >= 0.6 is 0 Å². The van der Waals surface area contributed by atoms with Gasteiger partial charge in [0.2, 0.25) is 0 Å². The van der Waals surface area contributed by atoms with E-state index < -0.39 is 29.5 Å². The molecule has 1 atom stereocenters. The lowest BCUT2D eigenvalue weighted by Crippen LogP contribution is -2.37. The lowest BCUT2D eigenvalue weighted by molar-refractivity contribution is -0.136. The van der Waals surface area contributed by atoms with Crippen LogP contribution in [0, 0.1) is 11.6 Å². The van der Waals surface area contributed by atoms with E-state index in [-0.39, 0.29) is 5.56 Å². The van der Waals surface area contributed by atoms with Gasteiger partial charge in [-0.05, 0) is 25.1 Å². The summed E-state index contributed by atoms with van der Waals surface area (Å²) < 4.78 is 26.7. The zero-order valence-corrected chi connectivity index (χ0v) is 13.8. The van der Waals surface area contributed by atoms with E-state index in [4.69, 9.17) is 0 Å². The molecule has 1 heterocycles. The number of anilines is 1. The molecule has 1 aromatic heterocycles. The van der Waals surface area contributed by atoms with Crippen LogP contribution in [0.2, 0.25) is 0 Å². The van der Waals surface area contributed by atoms with Gasteiger partial charge in [0.15, 0.2) is 0 Å². The van der Waals surface area contributed by atoms with Crippen molar-refractivity contribution < 1.29 is 18.4 Å². The lowest BCUT2D eigenvalue weighted by atomic mass is 10.1. The molecule has 0 spiro atoms. The van der Waals surface area contributed by atoms with Crippen molar-refractivity contribution in [2.75, 3.05) is 5.32 Å². The highest BCUT2D eigenvalue weighted by Gasteiger charge is 2.19. The van der Waals surface area contributed by atoms with E-state index in [1.807, 2.05) is 24.3 Å². The third kappa shape index (κ3) is 3.83. The topological polar surface area (TPSA) is 71.1 Å². The molecule has 0 radical (unpaired) electrons. The third-order valence-corrected chi connectivity index (χ3v) is 3.83. The first kappa shape index (κ1) is 17.5. The zero-order valence-electron chi connectivity index (χ0n) is 13.8. The fraction of sp³-hybridized carbons (Fsp3) is 0.105. The van der Waals surface area contributed by atoms with Crippen LogP contribution in [0.1, 0.15) is 18.5 Å². The van der Waals surface area contributed by atoms with Gasteiger partial charge in [0.25, 0.3) is 0 Å². The fourth-order valence-corrected chi connectivity index (χ4v) is 2.52. The highest BCUT2D eigenvalue weighted by Crippen LogP contribution is 2.18. The SMILES string of the molecule is C[C@@H](NC(=O)C(=O)Nc1cnc2ccccc2c1)c1ccc(F)cc1F. The number of fused-ring (bicyclic) bond motifs is 1. The number of para-hydroxylation sites is 1. The molecule has 0 bridgehead atoms. The van der Waals surface area contributed by atoms with Gasteiger partial charge in [-0.1, -0.05) is 24.3 Å². The Hall–Kier alpha value is -3.35. The van der Waals surface area contributed by atoms with Crippen LogP contribution in [0.5, 0.6) is 0 Å². The van der Waals surface area contributed by atoms with Crippen molar-refractivity contribution >= 4 is 28.4 Å². The average molecular weight is 355 g/mol. The van der Waals surface area contributed by atoms with Gasteiger partial charge in [0.05, 0.1) is 23.4 Å². The number of nitrogens with zero attached hydrogens (tertiary/aromatic N) is 1. The van der Waals surface area contributed by atoms with Crippen molar-refractivity contribution in [3.8, 4) is 0 Å². The van der Waals surface area contributed by atoms with E-state index in [0.29, 0.717) is 5.69 Å². The summed E-state index contributed by atoms with van der Waals surface area (Å²) in [6.07, 6.45) is 1.44. The van der Waals surface area contributed by atoms with E-state index in [1.165, 1.54) is 19.2 Å². The molecule has 0 saturated carbocycles. The Kier molecular flexibility index (Phi) is 4.88. The Morgan fingerprint density at radius 1 is 1.04 bits per heavy atom. The van der Waals surface area contributed by atoms with Gasteiger partial charge < -0.3 is 10.6 Å². The first-order valence-electron chi connectivity index (χ1n) is 7.85. The van der Waals surface area contributed by atoms with Gasteiger partial charge in [0.1, 0.15) is 11.6 Å². The summed E-state index contributed by atoms with van der Waals surface area (Å²) in [7, 11) is 0. The van der Waals surface area contributed by atoms with Gasteiger partial charge in [-0.2, -0.15) is 0 Å². The first-order chi connectivity index (χ1) is 12.4. The number of halogens is 2. The lowest BCUT2D eigenvalue weighted by Gasteiger charge is -2.15. The summed E-state index contributed by atoms with van der Waals surface area (Å²) in [5, 5.41) is 5.64. The van der Waals surface area contributed by atoms with E-state index in [2.05, 4.69) is 15.6 Å². The number of hydrogen-bond donors (Lipinski definition) is 2. The Bertz CT molecular complexity index is 991. The van der Waals surface area contributed by atoms with Crippen LogP contribution in [-0.4, -0.2) is 16.8 Å². The van der Waals surface area contributed by atoms with Crippen molar-refractivity contribution in [2.24, 2.45) is 0 Å². The second-order valence-electron chi connectivity index (χ2n) is 5.73. The summed E-state index contributed by atoms with van der Waals surface area (Å²) in [5.74, 6) is -3.35. The number of carbonyl (C=O) groups is 2. The van der Waals surface area contributed by atoms with Crippen molar-refractivity contribution in [3.63, 3.8) is 0 Å². The van der Waals surface area contributed by atoms with Crippen molar-refractivity contribution in [2.45, 2.75) is 13.0 Å². The van der Waals surface area contributed by atoms with Crippen molar-refractivity contribution in [1.82, 2.24) is 10.3 Å². The van der Waals surface area contributed by atoms with Gasteiger partial charge in [0, 0.05) is 17.0 Å². The van der Waals surface area contributed by atoms with E-state index in [0.717, 1.165) is 23.0 Å². The molecule has 26 heavy (non-hydrogen) atoms. The van der Waals surface area contributed by atoms with Gasteiger partial charge in [-0.3, -0.25) is 14.6 Å². The maximum atomic E-state index is 13.7. The van der Waals surface area contributed by atoms with Crippen LogP contribution in [0.4, 0.5) is 14.5 Å². The highest BCUT2D eigenvalue weighted by atomic mass is 19.1. The predicted octanol–water partition coefficient (Wildman–Crippen LogP) is 3.33. The Balaban J connectivity index is 1.67. The second-order valence-corrected chi connectivity index (χ2v) is 5.73. The second kappa shape index (κ2) is 7.26. The van der Waals surface area contributed by atoms with Gasteiger partial charge >= 0.3 is 11.8 Å². The number of nitrogens with one attached hydrogen (secondary N) is 2. The monoisotopic (exact) mass is 355 g/mol. The standard InChI is InChI=1S/C19H15F2N3O2/c1-11(15-7-6-13(20)9-16(15)21)23-18(25)19(26)24-14-8-12-4-2-3-5-17(12)22-10-14/h2-11H,1H3,(H,23,25)(H,24,26)/t11-/m1/s1. The van der Waals surface area contributed by atoms with Gasteiger partial charge in [-0.15, -0.1) is 0 Å². The van der Waals surface area contributed by atoms with Crippen LogP contribution in [0.3, 0.4) is 0 Å². The Labute approximate surface area is 148 Å². The van der Waals surface area contributed by atoms with E-state index in [9.17, 15) is 18.4 Å². The van der Waals surface area contributed by atoms with E-state index >= 15 is 0 Å². The molecule has 2 amide bonds. The van der Waals surface area contributed by atoms with Crippen LogP contribution in [-0.2, 0) is 9.59 Å². The number of benzene rings is 2. The number of hydrogen-bond acceptors (Lipinski definition) is 3. The summed E-state index contributed by atoms with van der Waals surface area (Å²) in [5.41, 5.74) is 1.21. The Morgan fingerprint density at radius 2 is 1.81 bits per heavy atom. The van der Waals surface area contributed by atoms with Crippen molar-refractivity contribution in [3.05, 3.63) is 71.9 Å². The molecule has 7 heteroatoms. The molecular weight excluding hydrogens is 340 g/mol.